The second-order valence-electron chi connectivity index (χ2n) is 4.83. The summed E-state index contributed by atoms with van der Waals surface area (Å²) in [6.45, 7) is 0. The molecule has 0 bridgehead atoms. The Bertz CT molecular complexity index is 1040. The summed E-state index contributed by atoms with van der Waals surface area (Å²) < 4.78 is 25.4. The first-order chi connectivity index (χ1) is 11.0. The molecular weight excluding hydrogens is 320 g/mol. The van der Waals surface area contributed by atoms with Crippen LogP contribution in [0.3, 0.4) is 0 Å². The number of fused-ring (bicyclic) bond motifs is 1. The molecule has 2 aromatic carbocycles. The molecule has 2 N–H and O–H groups in total. The van der Waals surface area contributed by atoms with Gasteiger partial charge in [0.2, 0.25) is 0 Å². The summed E-state index contributed by atoms with van der Waals surface area (Å²) in [7, 11) is -3.83. The second-order valence-corrected chi connectivity index (χ2v) is 6.82. The third-order valence-electron chi connectivity index (χ3n) is 3.20. The van der Waals surface area contributed by atoms with Crippen molar-refractivity contribution in [3.63, 3.8) is 0 Å². The zero-order chi connectivity index (χ0) is 16.4. The lowest BCUT2D eigenvalue weighted by Gasteiger charge is -2.07. The van der Waals surface area contributed by atoms with Gasteiger partial charge in [-0.3, -0.25) is 10.2 Å². The third-order valence-corrected chi connectivity index (χ3v) is 4.81. The number of carbonyl (C=O) groups is 1. The third kappa shape index (κ3) is 3.14. The predicted octanol–water partition coefficient (Wildman–Crippen LogP) is 0.269. The molecule has 118 valence electrons. The first-order valence-electron chi connectivity index (χ1n) is 6.59. The Morgan fingerprint density at radius 3 is 2.61 bits per heavy atom. The number of H-pyrrole nitrogens is 1. The van der Waals surface area contributed by atoms with E-state index in [2.05, 4.69) is 15.6 Å². The smallest absolute Gasteiger partial charge is 0.272 e. The molecule has 23 heavy (non-hydrogen) atoms. The normalized spacial score (nSPS) is 11.5. The van der Waals surface area contributed by atoms with Crippen LogP contribution in [0.15, 0.2) is 58.5 Å². The van der Waals surface area contributed by atoms with E-state index in [9.17, 15) is 18.0 Å². The summed E-state index contributed by atoms with van der Waals surface area (Å²) in [4.78, 5) is 23.1. The topological polar surface area (TPSA) is 114 Å². The molecule has 0 saturated carbocycles. The fourth-order valence-electron chi connectivity index (χ4n) is 2.11. The van der Waals surface area contributed by atoms with E-state index in [1.807, 2.05) is 12.1 Å². The van der Waals surface area contributed by atoms with E-state index in [1.165, 1.54) is 12.1 Å². The first kappa shape index (κ1) is 15.0. The SMILES string of the molecule is O=C(CS(=O)(=O)c1ccc2ccccc2c1)Nn1cn[nH]c1=O. The number of aromatic nitrogens is 3. The molecule has 0 saturated heterocycles. The van der Waals surface area contributed by atoms with Crippen LogP contribution >= 0.6 is 0 Å². The summed E-state index contributed by atoms with van der Waals surface area (Å²) in [5.74, 6) is -1.61. The highest BCUT2D eigenvalue weighted by atomic mass is 32.2. The maximum atomic E-state index is 12.3. The minimum absolute atomic E-state index is 0.0471. The van der Waals surface area contributed by atoms with Crippen LogP contribution in [0.4, 0.5) is 0 Å². The average Bonchev–Trinajstić information content (AvgIpc) is 2.91. The number of aromatic amines is 1. The van der Waals surface area contributed by atoms with E-state index in [0.717, 1.165) is 21.8 Å². The van der Waals surface area contributed by atoms with Crippen molar-refractivity contribution in [3.8, 4) is 0 Å². The van der Waals surface area contributed by atoms with Gasteiger partial charge in [0, 0.05) is 0 Å². The van der Waals surface area contributed by atoms with E-state index in [0.29, 0.717) is 0 Å². The van der Waals surface area contributed by atoms with Crippen LogP contribution in [0.1, 0.15) is 0 Å². The van der Waals surface area contributed by atoms with Crippen LogP contribution in [0, 0.1) is 0 Å². The number of rotatable bonds is 4. The Labute approximate surface area is 130 Å². The number of benzene rings is 2. The van der Waals surface area contributed by atoms with Crippen molar-refractivity contribution in [2.45, 2.75) is 4.90 Å². The van der Waals surface area contributed by atoms with Crippen LogP contribution in [-0.4, -0.2) is 35.0 Å². The number of amides is 1. The molecule has 0 aliphatic heterocycles. The lowest BCUT2D eigenvalue weighted by Crippen LogP contribution is -2.34. The molecule has 0 aliphatic rings. The minimum atomic E-state index is -3.83. The van der Waals surface area contributed by atoms with E-state index in [4.69, 9.17) is 0 Å². The maximum Gasteiger partial charge on any atom is 0.362 e. The molecule has 1 aromatic heterocycles. The Kier molecular flexibility index (Phi) is 3.70. The largest absolute Gasteiger partial charge is 0.362 e. The van der Waals surface area contributed by atoms with E-state index >= 15 is 0 Å². The quantitative estimate of drug-likeness (QED) is 0.712. The Morgan fingerprint density at radius 1 is 1.17 bits per heavy atom. The molecule has 3 rings (SSSR count). The average molecular weight is 332 g/mol. The second kappa shape index (κ2) is 5.69. The van der Waals surface area contributed by atoms with Gasteiger partial charge in [-0.2, -0.15) is 9.77 Å². The van der Waals surface area contributed by atoms with Crippen molar-refractivity contribution in [1.82, 2.24) is 14.9 Å². The first-order valence-corrected chi connectivity index (χ1v) is 8.24. The minimum Gasteiger partial charge on any atom is -0.272 e. The molecule has 0 fully saturated rings. The van der Waals surface area contributed by atoms with Gasteiger partial charge in [-0.25, -0.2) is 18.3 Å². The number of nitrogens with zero attached hydrogens (tertiary/aromatic N) is 2. The standard InChI is InChI=1S/C14H12N4O4S/c19-13(17-18-9-15-16-14(18)20)8-23(21,22)12-6-5-10-3-1-2-4-11(10)7-12/h1-7,9H,8H2,(H,16,20)(H,17,19). The number of hydrogen-bond donors (Lipinski definition) is 2. The number of hydrogen-bond acceptors (Lipinski definition) is 5. The van der Waals surface area contributed by atoms with Gasteiger partial charge in [-0.05, 0) is 22.9 Å². The van der Waals surface area contributed by atoms with Gasteiger partial charge in [-0.1, -0.05) is 30.3 Å². The lowest BCUT2D eigenvalue weighted by molar-refractivity contribution is -0.114. The molecule has 8 nitrogen and oxygen atoms in total. The molecule has 1 heterocycles. The van der Waals surface area contributed by atoms with Crippen molar-refractivity contribution < 1.29 is 13.2 Å². The Morgan fingerprint density at radius 2 is 1.91 bits per heavy atom. The summed E-state index contributed by atoms with van der Waals surface area (Å²) in [5.41, 5.74) is 1.48. The molecule has 9 heteroatoms. The van der Waals surface area contributed by atoms with Crippen LogP contribution in [0.2, 0.25) is 0 Å². The highest BCUT2D eigenvalue weighted by Crippen LogP contribution is 2.19. The van der Waals surface area contributed by atoms with E-state index in [-0.39, 0.29) is 4.90 Å². The molecule has 0 aliphatic carbocycles. The van der Waals surface area contributed by atoms with Crippen molar-refractivity contribution in [2.24, 2.45) is 0 Å². The highest BCUT2D eigenvalue weighted by Gasteiger charge is 2.20. The zero-order valence-electron chi connectivity index (χ0n) is 11.8. The van der Waals surface area contributed by atoms with Crippen LogP contribution in [0.25, 0.3) is 10.8 Å². The fourth-order valence-corrected chi connectivity index (χ4v) is 3.27. The van der Waals surface area contributed by atoms with Crippen LogP contribution < -0.4 is 11.1 Å². The molecule has 0 unspecified atom stereocenters. The van der Waals surface area contributed by atoms with E-state index in [1.54, 1.807) is 18.2 Å². The zero-order valence-corrected chi connectivity index (χ0v) is 12.6. The maximum absolute atomic E-state index is 12.3. The van der Waals surface area contributed by atoms with Gasteiger partial charge in [0.25, 0.3) is 5.91 Å². The highest BCUT2D eigenvalue weighted by molar-refractivity contribution is 7.92. The van der Waals surface area contributed by atoms with Gasteiger partial charge in [0.1, 0.15) is 12.1 Å². The summed E-state index contributed by atoms with van der Waals surface area (Å²) in [5, 5.41) is 7.17. The number of nitrogens with one attached hydrogen (secondary N) is 2. The van der Waals surface area contributed by atoms with Crippen molar-refractivity contribution in [3.05, 3.63) is 59.3 Å². The van der Waals surface area contributed by atoms with Crippen molar-refractivity contribution in [2.75, 3.05) is 11.2 Å². The van der Waals surface area contributed by atoms with Crippen LogP contribution in [0.5, 0.6) is 0 Å². The molecule has 1 amide bonds. The summed E-state index contributed by atoms with van der Waals surface area (Å²) in [6.07, 6.45) is 1.04. The monoisotopic (exact) mass is 332 g/mol. The predicted molar refractivity (Wildman–Crippen MR) is 83.2 cm³/mol. The van der Waals surface area contributed by atoms with Crippen LogP contribution in [-0.2, 0) is 14.6 Å². The Hall–Kier alpha value is -2.94. The summed E-state index contributed by atoms with van der Waals surface area (Å²) >= 11 is 0. The fraction of sp³-hybridized carbons (Fsp3) is 0.0714. The van der Waals surface area contributed by atoms with Gasteiger partial charge < -0.3 is 0 Å². The van der Waals surface area contributed by atoms with Gasteiger partial charge in [-0.15, -0.1) is 0 Å². The molecular formula is C14H12N4O4S. The van der Waals surface area contributed by atoms with Crippen molar-refractivity contribution >= 4 is 26.5 Å². The number of sulfone groups is 1. The van der Waals surface area contributed by atoms with Gasteiger partial charge in [0.05, 0.1) is 4.90 Å². The lowest BCUT2D eigenvalue weighted by atomic mass is 10.1. The van der Waals surface area contributed by atoms with Gasteiger partial charge in [0.15, 0.2) is 9.84 Å². The summed E-state index contributed by atoms with van der Waals surface area (Å²) in [6, 6.07) is 12.0. The Balaban J connectivity index is 1.84. The van der Waals surface area contributed by atoms with E-state index < -0.39 is 27.2 Å². The van der Waals surface area contributed by atoms with Gasteiger partial charge >= 0.3 is 5.69 Å². The van der Waals surface area contributed by atoms with Crippen molar-refractivity contribution in [1.29, 1.82) is 0 Å². The molecule has 0 spiro atoms. The molecule has 0 radical (unpaired) electrons. The molecule has 0 atom stereocenters. The molecule has 3 aromatic rings. The number of carbonyl (C=O) groups excluding carboxylic acids is 1.